The van der Waals surface area contributed by atoms with Crippen LogP contribution in [-0.4, -0.2) is 20.4 Å². The van der Waals surface area contributed by atoms with E-state index in [1.807, 2.05) is 43.5 Å². The van der Waals surface area contributed by atoms with Gasteiger partial charge in [0.05, 0.1) is 17.8 Å². The zero-order chi connectivity index (χ0) is 16.6. The van der Waals surface area contributed by atoms with Crippen LogP contribution in [0, 0.1) is 20.8 Å². The fourth-order valence-corrected chi connectivity index (χ4v) is 2.71. The number of amides is 1. The van der Waals surface area contributed by atoms with Crippen molar-refractivity contribution >= 4 is 17.2 Å². The molecule has 0 radical (unpaired) electrons. The van der Waals surface area contributed by atoms with Crippen molar-refractivity contribution in [3.8, 4) is 5.75 Å². The predicted octanol–water partition coefficient (Wildman–Crippen LogP) is 3.15. The third kappa shape index (κ3) is 2.90. The number of aromatic hydroxyl groups is 1. The van der Waals surface area contributed by atoms with Crippen LogP contribution in [0.25, 0.3) is 5.65 Å². The molecule has 0 aliphatic heterocycles. The fourth-order valence-electron chi connectivity index (χ4n) is 2.71. The first-order valence-corrected chi connectivity index (χ1v) is 7.48. The number of imidazole rings is 1. The number of hydrogen-bond donors (Lipinski definition) is 2. The van der Waals surface area contributed by atoms with Gasteiger partial charge in [-0.1, -0.05) is 6.07 Å². The van der Waals surface area contributed by atoms with Gasteiger partial charge in [0.25, 0.3) is 0 Å². The molecule has 0 bridgehead atoms. The number of phenols is 1. The van der Waals surface area contributed by atoms with E-state index in [2.05, 4.69) is 10.3 Å². The van der Waals surface area contributed by atoms with Gasteiger partial charge in [-0.05, 0) is 56.2 Å². The standard InChI is InChI=1S/C18H19N3O2/c1-11-5-4-8-21-16(13(3)19-18(11)21)10-17(23)20-15-7-6-14(22)9-12(15)2/h4-9,22H,10H2,1-3H3,(H,20,23). The number of nitrogens with one attached hydrogen (secondary N) is 1. The number of fused-ring (bicyclic) bond motifs is 1. The van der Waals surface area contributed by atoms with E-state index in [0.717, 1.165) is 28.2 Å². The highest BCUT2D eigenvalue weighted by atomic mass is 16.3. The van der Waals surface area contributed by atoms with Crippen molar-refractivity contribution in [1.82, 2.24) is 9.38 Å². The largest absolute Gasteiger partial charge is 0.508 e. The van der Waals surface area contributed by atoms with Gasteiger partial charge in [0, 0.05) is 11.9 Å². The Bertz CT molecular complexity index is 897. The Morgan fingerprint density at radius 2 is 2.00 bits per heavy atom. The molecule has 2 N–H and O–H groups in total. The number of carbonyl (C=O) groups excluding carboxylic acids is 1. The molecule has 118 valence electrons. The second-order valence-corrected chi connectivity index (χ2v) is 5.75. The zero-order valence-electron chi connectivity index (χ0n) is 13.4. The lowest BCUT2D eigenvalue weighted by Crippen LogP contribution is -2.16. The molecule has 0 saturated carbocycles. The van der Waals surface area contributed by atoms with E-state index in [1.54, 1.807) is 18.2 Å². The molecular weight excluding hydrogens is 290 g/mol. The summed E-state index contributed by atoms with van der Waals surface area (Å²) >= 11 is 0. The molecule has 0 aliphatic carbocycles. The molecule has 2 aromatic heterocycles. The fraction of sp³-hybridized carbons (Fsp3) is 0.222. The lowest BCUT2D eigenvalue weighted by atomic mass is 10.1. The van der Waals surface area contributed by atoms with Crippen molar-refractivity contribution in [2.45, 2.75) is 27.2 Å². The molecule has 0 spiro atoms. The van der Waals surface area contributed by atoms with Gasteiger partial charge < -0.3 is 14.8 Å². The minimum absolute atomic E-state index is 0.106. The van der Waals surface area contributed by atoms with Gasteiger partial charge in [-0.3, -0.25) is 4.79 Å². The average molecular weight is 309 g/mol. The first-order valence-electron chi connectivity index (χ1n) is 7.48. The summed E-state index contributed by atoms with van der Waals surface area (Å²) in [6.45, 7) is 5.77. The van der Waals surface area contributed by atoms with Crippen LogP contribution in [-0.2, 0) is 11.2 Å². The van der Waals surface area contributed by atoms with E-state index in [-0.39, 0.29) is 18.1 Å². The van der Waals surface area contributed by atoms with Crippen LogP contribution in [0.15, 0.2) is 36.5 Å². The Labute approximate surface area is 134 Å². The summed E-state index contributed by atoms with van der Waals surface area (Å²) in [5.41, 5.74) is 5.24. The number of hydrogen-bond acceptors (Lipinski definition) is 3. The van der Waals surface area contributed by atoms with E-state index in [4.69, 9.17) is 0 Å². The Morgan fingerprint density at radius 3 is 2.74 bits per heavy atom. The summed E-state index contributed by atoms with van der Waals surface area (Å²) in [7, 11) is 0. The second kappa shape index (κ2) is 5.76. The van der Waals surface area contributed by atoms with Crippen molar-refractivity contribution in [3.05, 3.63) is 59.0 Å². The van der Waals surface area contributed by atoms with Gasteiger partial charge in [-0.2, -0.15) is 0 Å². The molecule has 0 unspecified atom stereocenters. The molecule has 5 nitrogen and oxygen atoms in total. The van der Waals surface area contributed by atoms with E-state index < -0.39 is 0 Å². The highest BCUT2D eigenvalue weighted by molar-refractivity contribution is 5.93. The smallest absolute Gasteiger partial charge is 0.230 e. The Morgan fingerprint density at radius 1 is 1.22 bits per heavy atom. The van der Waals surface area contributed by atoms with Crippen LogP contribution in [0.5, 0.6) is 5.75 Å². The van der Waals surface area contributed by atoms with E-state index in [9.17, 15) is 9.90 Å². The summed E-state index contributed by atoms with van der Waals surface area (Å²) in [4.78, 5) is 16.9. The highest BCUT2D eigenvalue weighted by Gasteiger charge is 2.14. The molecular formula is C18H19N3O2. The van der Waals surface area contributed by atoms with Crippen LogP contribution < -0.4 is 5.32 Å². The molecule has 0 fully saturated rings. The molecule has 2 heterocycles. The number of aromatic nitrogens is 2. The van der Waals surface area contributed by atoms with Crippen LogP contribution in [0.3, 0.4) is 0 Å². The number of nitrogens with zero attached hydrogens (tertiary/aromatic N) is 2. The number of anilines is 1. The highest BCUT2D eigenvalue weighted by Crippen LogP contribution is 2.21. The number of carbonyl (C=O) groups is 1. The first kappa shape index (κ1) is 15.1. The van der Waals surface area contributed by atoms with Gasteiger partial charge >= 0.3 is 0 Å². The maximum atomic E-state index is 12.4. The van der Waals surface area contributed by atoms with E-state index in [1.165, 1.54) is 0 Å². The van der Waals surface area contributed by atoms with Crippen molar-refractivity contribution in [3.63, 3.8) is 0 Å². The predicted molar refractivity (Wildman–Crippen MR) is 89.8 cm³/mol. The Kier molecular flexibility index (Phi) is 3.78. The molecule has 1 aromatic carbocycles. The molecule has 0 aliphatic rings. The maximum Gasteiger partial charge on any atom is 0.230 e. The third-order valence-electron chi connectivity index (χ3n) is 3.96. The molecule has 23 heavy (non-hydrogen) atoms. The monoisotopic (exact) mass is 309 g/mol. The van der Waals surface area contributed by atoms with Crippen LogP contribution >= 0.6 is 0 Å². The minimum atomic E-state index is -0.106. The molecule has 1 amide bonds. The maximum absolute atomic E-state index is 12.4. The summed E-state index contributed by atoms with van der Waals surface area (Å²) in [6.07, 6.45) is 2.17. The van der Waals surface area contributed by atoms with Gasteiger partial charge in [-0.15, -0.1) is 0 Å². The van der Waals surface area contributed by atoms with Crippen molar-refractivity contribution in [1.29, 1.82) is 0 Å². The van der Waals surface area contributed by atoms with Crippen molar-refractivity contribution < 1.29 is 9.90 Å². The van der Waals surface area contributed by atoms with Crippen molar-refractivity contribution in [2.24, 2.45) is 0 Å². The number of benzene rings is 1. The van der Waals surface area contributed by atoms with E-state index in [0.29, 0.717) is 5.69 Å². The lowest BCUT2D eigenvalue weighted by Gasteiger charge is -2.09. The third-order valence-corrected chi connectivity index (χ3v) is 3.96. The Hall–Kier alpha value is -2.82. The normalized spacial score (nSPS) is 10.9. The number of aryl methyl sites for hydroxylation is 3. The zero-order valence-corrected chi connectivity index (χ0v) is 13.4. The van der Waals surface area contributed by atoms with Crippen LogP contribution in [0.1, 0.15) is 22.5 Å². The van der Waals surface area contributed by atoms with Crippen LogP contribution in [0.2, 0.25) is 0 Å². The summed E-state index contributed by atoms with van der Waals surface area (Å²) in [5, 5.41) is 12.3. The summed E-state index contributed by atoms with van der Waals surface area (Å²) in [5.74, 6) is 0.0822. The minimum Gasteiger partial charge on any atom is -0.508 e. The molecule has 5 heteroatoms. The average Bonchev–Trinajstić information content (AvgIpc) is 2.80. The molecule has 0 atom stereocenters. The van der Waals surface area contributed by atoms with Gasteiger partial charge in [0.2, 0.25) is 5.91 Å². The topological polar surface area (TPSA) is 66.6 Å². The van der Waals surface area contributed by atoms with Gasteiger partial charge in [0.1, 0.15) is 11.4 Å². The Balaban J connectivity index is 1.86. The summed E-state index contributed by atoms with van der Waals surface area (Å²) in [6, 6.07) is 8.85. The van der Waals surface area contributed by atoms with Crippen LogP contribution in [0.4, 0.5) is 5.69 Å². The summed E-state index contributed by atoms with van der Waals surface area (Å²) < 4.78 is 1.97. The number of phenolic OH excluding ortho intramolecular Hbond substituents is 1. The first-order chi connectivity index (χ1) is 11.0. The number of pyridine rings is 1. The number of rotatable bonds is 3. The van der Waals surface area contributed by atoms with Gasteiger partial charge in [0.15, 0.2) is 0 Å². The molecule has 3 rings (SSSR count). The lowest BCUT2D eigenvalue weighted by molar-refractivity contribution is -0.115. The molecule has 3 aromatic rings. The second-order valence-electron chi connectivity index (χ2n) is 5.75. The quantitative estimate of drug-likeness (QED) is 0.730. The van der Waals surface area contributed by atoms with Crippen molar-refractivity contribution in [2.75, 3.05) is 5.32 Å². The van der Waals surface area contributed by atoms with Gasteiger partial charge in [-0.25, -0.2) is 4.98 Å². The SMILES string of the molecule is Cc1cc(O)ccc1NC(=O)Cc1c(C)nc2c(C)cccn12. The van der Waals surface area contributed by atoms with E-state index >= 15 is 0 Å². The molecule has 0 saturated heterocycles.